The van der Waals surface area contributed by atoms with Crippen molar-refractivity contribution in [2.75, 3.05) is 13.2 Å². The molecule has 0 bridgehead atoms. The highest BCUT2D eigenvalue weighted by molar-refractivity contribution is 5.42. The maximum absolute atomic E-state index is 11.0. The minimum Gasteiger partial charge on any atom is -0.361 e. The molecule has 0 saturated carbocycles. The number of ether oxygens (including phenoxy) is 1. The van der Waals surface area contributed by atoms with Gasteiger partial charge in [-0.25, -0.2) is 0 Å². The second-order valence-electron chi connectivity index (χ2n) is 4.50. The van der Waals surface area contributed by atoms with E-state index in [9.17, 15) is 10.1 Å². The van der Waals surface area contributed by atoms with Crippen LogP contribution in [-0.2, 0) is 4.74 Å². The van der Waals surface area contributed by atoms with Gasteiger partial charge in [-0.15, -0.1) is 0 Å². The van der Waals surface area contributed by atoms with Gasteiger partial charge in [0.05, 0.1) is 17.6 Å². The average Bonchev–Trinajstić information content (AvgIpc) is 2.90. The van der Waals surface area contributed by atoms with Crippen molar-refractivity contribution < 1.29 is 9.66 Å². The zero-order valence-electron chi connectivity index (χ0n) is 9.41. The maximum atomic E-state index is 11.0. The van der Waals surface area contributed by atoms with Crippen LogP contribution < -0.4 is 0 Å². The van der Waals surface area contributed by atoms with Crippen LogP contribution in [0.15, 0.2) is 24.3 Å². The van der Waals surface area contributed by atoms with E-state index in [1.807, 2.05) is 12.1 Å². The smallest absolute Gasteiger partial charge is 0.274 e. The highest BCUT2D eigenvalue weighted by Crippen LogP contribution is 2.39. The number of nitro benzene ring substituents is 1. The van der Waals surface area contributed by atoms with Crippen molar-refractivity contribution in [2.24, 2.45) is 0 Å². The van der Waals surface area contributed by atoms with E-state index >= 15 is 0 Å². The Morgan fingerprint density at radius 1 is 1.41 bits per heavy atom. The molecule has 2 saturated heterocycles. The minimum atomic E-state index is -0.307. The Hall–Kier alpha value is -1.46. The van der Waals surface area contributed by atoms with Crippen LogP contribution in [0.4, 0.5) is 5.69 Å². The molecular weight excluding hydrogens is 220 g/mol. The quantitative estimate of drug-likeness (QED) is 0.580. The Bertz CT molecular complexity index is 449. The first-order valence-corrected chi connectivity index (χ1v) is 5.88. The summed E-state index contributed by atoms with van der Waals surface area (Å²) in [6, 6.07) is 7.01. The van der Waals surface area contributed by atoms with Crippen molar-refractivity contribution >= 4 is 5.69 Å². The molecule has 1 aromatic rings. The summed E-state index contributed by atoms with van der Waals surface area (Å²) in [6.07, 6.45) is 2.32. The number of nitrogens with zero attached hydrogens (tertiary/aromatic N) is 2. The summed E-state index contributed by atoms with van der Waals surface area (Å²) in [4.78, 5) is 12.9. The summed E-state index contributed by atoms with van der Waals surface area (Å²) in [5.41, 5.74) is 0.982. The lowest BCUT2D eigenvalue weighted by Gasteiger charge is -2.21. The van der Waals surface area contributed by atoms with Crippen molar-refractivity contribution in [3.05, 3.63) is 39.9 Å². The highest BCUT2D eigenvalue weighted by atomic mass is 16.6. The summed E-state index contributed by atoms with van der Waals surface area (Å²) in [7, 11) is 0. The molecule has 17 heavy (non-hydrogen) atoms. The molecule has 0 spiro atoms. The molecular formula is C12H14N2O3. The maximum Gasteiger partial charge on any atom is 0.274 e. The van der Waals surface area contributed by atoms with E-state index < -0.39 is 0 Å². The number of fused-ring (bicyclic) bond motifs is 1. The molecule has 2 heterocycles. The standard InChI is InChI=1S/C12H14N2O3/c15-14(16)10-5-2-1-4-9(10)11-8-17-12-6-3-7-13(11)12/h1-2,4-5,11-12H,3,6-8H2/t11-,12-/m0/s1. The van der Waals surface area contributed by atoms with Gasteiger partial charge in [0.25, 0.3) is 5.69 Å². The number of hydrogen-bond acceptors (Lipinski definition) is 4. The Balaban J connectivity index is 1.96. The molecule has 2 atom stereocenters. The third-order valence-electron chi connectivity index (χ3n) is 3.58. The lowest BCUT2D eigenvalue weighted by Crippen LogP contribution is -2.26. The molecule has 90 valence electrons. The lowest BCUT2D eigenvalue weighted by molar-refractivity contribution is -0.385. The topological polar surface area (TPSA) is 55.6 Å². The largest absolute Gasteiger partial charge is 0.361 e. The second kappa shape index (κ2) is 4.09. The zero-order chi connectivity index (χ0) is 11.8. The number of para-hydroxylation sites is 1. The van der Waals surface area contributed by atoms with Crippen LogP contribution in [0, 0.1) is 10.1 Å². The molecule has 1 aromatic carbocycles. The number of nitro groups is 1. The third kappa shape index (κ3) is 1.71. The second-order valence-corrected chi connectivity index (χ2v) is 4.50. The van der Waals surface area contributed by atoms with Crippen molar-refractivity contribution in [1.29, 1.82) is 0 Å². The van der Waals surface area contributed by atoms with E-state index in [1.165, 1.54) is 0 Å². The van der Waals surface area contributed by atoms with Crippen molar-refractivity contribution in [2.45, 2.75) is 25.1 Å². The van der Waals surface area contributed by atoms with Gasteiger partial charge in [0.2, 0.25) is 0 Å². The van der Waals surface area contributed by atoms with E-state index in [4.69, 9.17) is 4.74 Å². The van der Waals surface area contributed by atoms with Crippen LogP contribution in [0.2, 0.25) is 0 Å². The molecule has 2 aliphatic heterocycles. The lowest BCUT2D eigenvalue weighted by atomic mass is 10.0. The third-order valence-corrected chi connectivity index (χ3v) is 3.58. The van der Waals surface area contributed by atoms with E-state index in [2.05, 4.69) is 4.90 Å². The fourth-order valence-electron chi connectivity index (χ4n) is 2.80. The molecule has 5 heteroatoms. The monoisotopic (exact) mass is 234 g/mol. The van der Waals surface area contributed by atoms with Crippen LogP contribution in [-0.4, -0.2) is 29.2 Å². The molecule has 0 aliphatic carbocycles. The van der Waals surface area contributed by atoms with Gasteiger partial charge >= 0.3 is 0 Å². The Labute approximate surface area is 99.1 Å². The number of rotatable bonds is 2. The average molecular weight is 234 g/mol. The van der Waals surface area contributed by atoms with Crippen molar-refractivity contribution in [3.63, 3.8) is 0 Å². The molecule has 2 fully saturated rings. The molecule has 2 aliphatic rings. The Kier molecular flexibility index (Phi) is 2.57. The number of hydrogen-bond donors (Lipinski definition) is 0. The van der Waals surface area contributed by atoms with Gasteiger partial charge in [-0.3, -0.25) is 15.0 Å². The molecule has 0 aromatic heterocycles. The summed E-state index contributed by atoms with van der Waals surface area (Å²) in [6.45, 7) is 1.54. The number of benzene rings is 1. The molecule has 3 rings (SSSR count). The van der Waals surface area contributed by atoms with Gasteiger partial charge in [-0.05, 0) is 12.8 Å². The van der Waals surface area contributed by atoms with E-state index in [1.54, 1.807) is 12.1 Å². The Morgan fingerprint density at radius 2 is 2.24 bits per heavy atom. The Morgan fingerprint density at radius 3 is 3.06 bits per heavy atom. The van der Waals surface area contributed by atoms with Crippen LogP contribution in [0.25, 0.3) is 0 Å². The van der Waals surface area contributed by atoms with Gasteiger partial charge in [-0.2, -0.15) is 0 Å². The van der Waals surface area contributed by atoms with E-state index in [-0.39, 0.29) is 22.9 Å². The van der Waals surface area contributed by atoms with Crippen molar-refractivity contribution in [3.8, 4) is 0 Å². The SMILES string of the molecule is O=[N+]([O-])c1ccccc1[C@@H]1CO[C@H]2CCCN21. The van der Waals surface area contributed by atoms with Crippen molar-refractivity contribution in [1.82, 2.24) is 4.90 Å². The summed E-state index contributed by atoms with van der Waals surface area (Å²) >= 11 is 0. The van der Waals surface area contributed by atoms with Gasteiger partial charge in [0.15, 0.2) is 0 Å². The normalized spacial score (nSPS) is 28.2. The fraction of sp³-hybridized carbons (Fsp3) is 0.500. The van der Waals surface area contributed by atoms with Crippen LogP contribution in [0.5, 0.6) is 0 Å². The molecule has 0 N–H and O–H groups in total. The first-order chi connectivity index (χ1) is 8.27. The van der Waals surface area contributed by atoms with Gasteiger partial charge in [-0.1, -0.05) is 18.2 Å². The molecule has 0 unspecified atom stereocenters. The van der Waals surface area contributed by atoms with E-state index in [0.717, 1.165) is 24.9 Å². The van der Waals surface area contributed by atoms with Gasteiger partial charge in [0, 0.05) is 18.2 Å². The van der Waals surface area contributed by atoms with E-state index in [0.29, 0.717) is 6.61 Å². The summed E-state index contributed by atoms with van der Waals surface area (Å²) in [5.74, 6) is 0. The van der Waals surface area contributed by atoms with Gasteiger partial charge < -0.3 is 4.74 Å². The fourth-order valence-corrected chi connectivity index (χ4v) is 2.80. The minimum absolute atomic E-state index is 0.0455. The predicted molar refractivity (Wildman–Crippen MR) is 61.5 cm³/mol. The molecule has 0 radical (unpaired) electrons. The molecule has 0 amide bonds. The molecule has 5 nitrogen and oxygen atoms in total. The van der Waals surface area contributed by atoms with Crippen LogP contribution in [0.3, 0.4) is 0 Å². The first-order valence-electron chi connectivity index (χ1n) is 5.88. The van der Waals surface area contributed by atoms with Gasteiger partial charge in [0.1, 0.15) is 6.23 Å². The van der Waals surface area contributed by atoms with Crippen LogP contribution in [0.1, 0.15) is 24.4 Å². The predicted octanol–water partition coefficient (Wildman–Crippen LogP) is 2.09. The first kappa shape index (κ1) is 10.7. The van der Waals surface area contributed by atoms with Crippen LogP contribution >= 0.6 is 0 Å². The summed E-state index contributed by atoms with van der Waals surface area (Å²) in [5, 5.41) is 11.0. The highest BCUT2D eigenvalue weighted by Gasteiger charge is 2.40. The summed E-state index contributed by atoms with van der Waals surface area (Å²) < 4.78 is 5.68. The zero-order valence-corrected chi connectivity index (χ0v) is 9.41.